The number of nitrogens with zero attached hydrogens (tertiary/aromatic N) is 4. The Balaban J connectivity index is 1.58. The molecule has 11 heteroatoms. The first-order valence-electron chi connectivity index (χ1n) is 9.70. The maximum Gasteiger partial charge on any atom is 0.416 e. The lowest BCUT2D eigenvalue weighted by molar-refractivity contribution is -0.137. The average Bonchev–Trinajstić information content (AvgIpc) is 3.37. The van der Waals surface area contributed by atoms with E-state index in [9.17, 15) is 23.2 Å². The highest BCUT2D eigenvalue weighted by Gasteiger charge is 2.30. The number of hydrogen-bond acceptors (Lipinski definition) is 7. The van der Waals surface area contributed by atoms with Gasteiger partial charge in [0.2, 0.25) is 5.91 Å². The molecule has 0 bridgehead atoms. The summed E-state index contributed by atoms with van der Waals surface area (Å²) in [5.41, 5.74) is 1.44. The third-order valence-electron chi connectivity index (χ3n) is 4.55. The van der Waals surface area contributed by atoms with Gasteiger partial charge < -0.3 is 5.32 Å². The summed E-state index contributed by atoms with van der Waals surface area (Å²) in [5.74, 6) is -0.547. The van der Waals surface area contributed by atoms with E-state index < -0.39 is 17.6 Å². The number of halogens is 3. The molecule has 4 rings (SSSR count). The number of hydrogen-bond donors (Lipinski definition) is 1. The summed E-state index contributed by atoms with van der Waals surface area (Å²) in [5, 5.41) is 14.6. The van der Waals surface area contributed by atoms with Crippen LogP contribution in [0.25, 0.3) is 21.8 Å². The number of carbonyl (C=O) groups is 1. The number of thioether (sulfide) groups is 1. The van der Waals surface area contributed by atoms with Crippen LogP contribution in [-0.2, 0) is 11.0 Å². The molecule has 34 heavy (non-hydrogen) atoms. The molecule has 0 atom stereocenters. The van der Waals surface area contributed by atoms with E-state index in [2.05, 4.69) is 26.3 Å². The molecule has 0 aliphatic rings. The molecule has 0 spiro atoms. The Bertz CT molecular complexity index is 1340. The number of carbonyl (C=O) groups excluding carboxylic acids is 1. The maximum atomic E-state index is 12.7. The van der Waals surface area contributed by atoms with Crippen LogP contribution in [0.4, 0.5) is 18.9 Å². The van der Waals surface area contributed by atoms with Crippen molar-refractivity contribution < 1.29 is 18.0 Å². The van der Waals surface area contributed by atoms with Gasteiger partial charge in [-0.1, -0.05) is 17.8 Å². The molecule has 0 fully saturated rings. The first kappa shape index (κ1) is 23.4. The molecule has 170 valence electrons. The van der Waals surface area contributed by atoms with E-state index in [-0.39, 0.29) is 11.4 Å². The second kappa shape index (κ2) is 10.0. The summed E-state index contributed by atoms with van der Waals surface area (Å²) in [6.07, 6.45) is 0.170. The van der Waals surface area contributed by atoms with E-state index in [0.29, 0.717) is 27.5 Å². The number of thiophene rings is 1. The van der Waals surface area contributed by atoms with Crippen molar-refractivity contribution in [3.8, 4) is 27.9 Å². The standard InChI is InChI=1S/C23H14F3N5OS2/c24-23(25,26)14-3-5-15(6-4-14)30-21(32)13-34-22-17(11-27)16(20-2-1-9-33-20)10-18(31-22)19-12-28-7-8-29-19/h1-10,12H,13H2,(H,30,32). The van der Waals surface area contributed by atoms with Gasteiger partial charge in [0.05, 0.1) is 28.8 Å². The molecule has 6 nitrogen and oxygen atoms in total. The van der Waals surface area contributed by atoms with E-state index in [1.807, 2.05) is 17.5 Å². The van der Waals surface area contributed by atoms with Gasteiger partial charge in [-0.25, -0.2) is 4.98 Å². The third-order valence-corrected chi connectivity index (χ3v) is 6.42. The van der Waals surface area contributed by atoms with Crippen molar-refractivity contribution >= 4 is 34.7 Å². The van der Waals surface area contributed by atoms with Crippen molar-refractivity contribution in [2.45, 2.75) is 11.2 Å². The average molecular weight is 498 g/mol. The Labute approximate surface area is 200 Å². The highest BCUT2D eigenvalue weighted by atomic mass is 32.2. The number of nitrogens with one attached hydrogen (secondary N) is 1. The minimum atomic E-state index is -4.45. The van der Waals surface area contributed by atoms with Crippen LogP contribution in [0.3, 0.4) is 0 Å². The molecule has 0 radical (unpaired) electrons. The van der Waals surface area contributed by atoms with Crippen LogP contribution in [0.5, 0.6) is 0 Å². The van der Waals surface area contributed by atoms with E-state index in [4.69, 9.17) is 0 Å². The van der Waals surface area contributed by atoms with Crippen molar-refractivity contribution in [1.82, 2.24) is 15.0 Å². The van der Waals surface area contributed by atoms with Gasteiger partial charge in [-0.05, 0) is 41.8 Å². The number of pyridine rings is 1. The molecule has 0 saturated carbocycles. The third kappa shape index (κ3) is 5.41. The van der Waals surface area contributed by atoms with Gasteiger partial charge in [-0.15, -0.1) is 11.3 Å². The van der Waals surface area contributed by atoms with E-state index in [0.717, 1.165) is 28.8 Å². The lowest BCUT2D eigenvalue weighted by Gasteiger charge is -2.11. The molecular formula is C23H14F3N5OS2. The number of nitriles is 1. The van der Waals surface area contributed by atoms with Gasteiger partial charge >= 0.3 is 6.18 Å². The normalized spacial score (nSPS) is 11.1. The summed E-state index contributed by atoms with van der Waals surface area (Å²) in [4.78, 5) is 26.2. The van der Waals surface area contributed by atoms with E-state index >= 15 is 0 Å². The predicted octanol–water partition coefficient (Wildman–Crippen LogP) is 5.89. The van der Waals surface area contributed by atoms with Crippen LogP contribution >= 0.6 is 23.1 Å². The summed E-state index contributed by atoms with van der Waals surface area (Å²) in [6.45, 7) is 0. The lowest BCUT2D eigenvalue weighted by atomic mass is 10.1. The maximum absolute atomic E-state index is 12.7. The SMILES string of the molecule is N#Cc1c(-c2cccs2)cc(-c2cnccn2)nc1SCC(=O)Nc1ccc(C(F)(F)F)cc1. The summed E-state index contributed by atoms with van der Waals surface area (Å²) < 4.78 is 38.2. The monoisotopic (exact) mass is 497 g/mol. The van der Waals surface area contributed by atoms with E-state index in [1.165, 1.54) is 35.9 Å². The van der Waals surface area contributed by atoms with Gasteiger partial charge in [-0.3, -0.25) is 14.8 Å². The summed E-state index contributed by atoms with van der Waals surface area (Å²) in [7, 11) is 0. The molecule has 0 unspecified atom stereocenters. The smallest absolute Gasteiger partial charge is 0.325 e. The predicted molar refractivity (Wildman–Crippen MR) is 124 cm³/mol. The first-order valence-corrected chi connectivity index (χ1v) is 11.6. The minimum absolute atomic E-state index is 0.101. The number of anilines is 1. The molecule has 4 aromatic rings. The van der Waals surface area contributed by atoms with Gasteiger partial charge in [-0.2, -0.15) is 18.4 Å². The Morgan fingerprint density at radius 3 is 2.56 bits per heavy atom. The Morgan fingerprint density at radius 1 is 1.15 bits per heavy atom. The van der Waals surface area contributed by atoms with Crippen LogP contribution in [0, 0.1) is 11.3 Å². The zero-order chi connectivity index (χ0) is 24.1. The molecule has 1 aromatic carbocycles. The molecule has 0 aliphatic carbocycles. The Morgan fingerprint density at radius 2 is 1.94 bits per heavy atom. The fourth-order valence-electron chi connectivity index (χ4n) is 3.00. The zero-order valence-electron chi connectivity index (χ0n) is 17.2. The minimum Gasteiger partial charge on any atom is -0.325 e. The molecule has 3 heterocycles. The van der Waals surface area contributed by atoms with Crippen LogP contribution in [-0.4, -0.2) is 26.6 Å². The van der Waals surface area contributed by atoms with E-state index in [1.54, 1.807) is 12.3 Å². The molecule has 0 saturated heterocycles. The van der Waals surface area contributed by atoms with Crippen molar-refractivity contribution in [2.75, 3.05) is 11.1 Å². The number of benzene rings is 1. The molecule has 1 amide bonds. The van der Waals surface area contributed by atoms with Crippen LogP contribution < -0.4 is 5.32 Å². The van der Waals surface area contributed by atoms with Crippen molar-refractivity contribution in [2.24, 2.45) is 0 Å². The molecule has 3 aromatic heterocycles. The van der Waals surface area contributed by atoms with Crippen molar-refractivity contribution in [3.63, 3.8) is 0 Å². The molecule has 1 N–H and O–H groups in total. The Hall–Kier alpha value is -3.75. The fourth-order valence-corrected chi connectivity index (χ4v) is 4.55. The number of alkyl halides is 3. The first-order chi connectivity index (χ1) is 16.3. The largest absolute Gasteiger partial charge is 0.416 e. The van der Waals surface area contributed by atoms with Crippen LogP contribution in [0.2, 0.25) is 0 Å². The highest BCUT2D eigenvalue weighted by Crippen LogP contribution is 2.36. The second-order valence-electron chi connectivity index (χ2n) is 6.83. The fraction of sp³-hybridized carbons (Fsp3) is 0.0870. The quantitative estimate of drug-likeness (QED) is 0.334. The highest BCUT2D eigenvalue weighted by molar-refractivity contribution is 8.00. The number of amides is 1. The number of aromatic nitrogens is 3. The molecule has 0 aliphatic heterocycles. The van der Waals surface area contributed by atoms with Crippen LogP contribution in [0.15, 0.2) is 71.5 Å². The van der Waals surface area contributed by atoms with Gasteiger partial charge in [0.15, 0.2) is 0 Å². The van der Waals surface area contributed by atoms with Crippen LogP contribution in [0.1, 0.15) is 11.1 Å². The van der Waals surface area contributed by atoms with Crippen molar-refractivity contribution in [3.05, 3.63) is 77.6 Å². The van der Waals surface area contributed by atoms with Gasteiger partial charge in [0.25, 0.3) is 0 Å². The number of rotatable bonds is 6. The van der Waals surface area contributed by atoms with Gasteiger partial charge in [0, 0.05) is 28.5 Å². The van der Waals surface area contributed by atoms with Gasteiger partial charge in [0.1, 0.15) is 16.8 Å². The van der Waals surface area contributed by atoms with Crippen molar-refractivity contribution in [1.29, 1.82) is 5.26 Å². The lowest BCUT2D eigenvalue weighted by Crippen LogP contribution is -2.14. The second-order valence-corrected chi connectivity index (χ2v) is 8.74. The Kier molecular flexibility index (Phi) is 6.90. The topological polar surface area (TPSA) is 91.6 Å². The summed E-state index contributed by atoms with van der Waals surface area (Å²) in [6, 6.07) is 11.9. The summed E-state index contributed by atoms with van der Waals surface area (Å²) >= 11 is 2.52. The zero-order valence-corrected chi connectivity index (χ0v) is 18.8. The molecular weight excluding hydrogens is 483 g/mol.